The van der Waals surface area contributed by atoms with Crippen LogP contribution in [0.5, 0.6) is 0 Å². The molecule has 2 atom stereocenters. The van der Waals surface area contributed by atoms with Gasteiger partial charge in [-0.3, -0.25) is 0 Å². The number of rotatable bonds is 3. The first-order valence-electron chi connectivity index (χ1n) is 7.15. The van der Waals surface area contributed by atoms with Crippen LogP contribution < -0.4 is 0 Å². The van der Waals surface area contributed by atoms with Crippen molar-refractivity contribution >= 4 is 17.9 Å². The van der Waals surface area contributed by atoms with Crippen molar-refractivity contribution in [1.29, 1.82) is 0 Å². The highest BCUT2D eigenvalue weighted by Gasteiger charge is 2.33. The maximum Gasteiger partial charge on any atom is 0.410 e. The summed E-state index contributed by atoms with van der Waals surface area (Å²) >= 11 is 1.91. The summed E-state index contributed by atoms with van der Waals surface area (Å²) in [5.41, 5.74) is -0.433. The van der Waals surface area contributed by atoms with Gasteiger partial charge in [-0.25, -0.2) is 4.79 Å². The molecule has 0 radical (unpaired) electrons. The van der Waals surface area contributed by atoms with Gasteiger partial charge in [-0.1, -0.05) is 0 Å². The summed E-state index contributed by atoms with van der Waals surface area (Å²) in [4.78, 5) is 14.3. The molecule has 2 saturated heterocycles. The van der Waals surface area contributed by atoms with E-state index in [-0.39, 0.29) is 12.2 Å². The molecule has 2 rings (SSSR count). The van der Waals surface area contributed by atoms with E-state index < -0.39 is 5.60 Å². The maximum atomic E-state index is 12.4. The Hall–Kier alpha value is -0.420. The lowest BCUT2D eigenvalue weighted by molar-refractivity contribution is 0.00237. The van der Waals surface area contributed by atoms with Crippen molar-refractivity contribution in [3.63, 3.8) is 0 Å². The Morgan fingerprint density at radius 3 is 2.74 bits per heavy atom. The fourth-order valence-corrected chi connectivity index (χ4v) is 3.69. The van der Waals surface area contributed by atoms with Gasteiger partial charge in [0.2, 0.25) is 0 Å². The van der Waals surface area contributed by atoms with Crippen molar-refractivity contribution < 1.29 is 14.3 Å². The third-order valence-corrected chi connectivity index (χ3v) is 4.54. The van der Waals surface area contributed by atoms with Crippen LogP contribution in [0.3, 0.4) is 0 Å². The van der Waals surface area contributed by atoms with Gasteiger partial charge in [-0.05, 0) is 45.8 Å². The van der Waals surface area contributed by atoms with E-state index >= 15 is 0 Å². The third kappa shape index (κ3) is 4.56. The molecule has 2 heterocycles. The Kier molecular flexibility index (Phi) is 5.01. The molecule has 2 aliphatic rings. The van der Waals surface area contributed by atoms with Crippen LogP contribution in [0.4, 0.5) is 4.79 Å². The first kappa shape index (κ1) is 15.0. The van der Waals surface area contributed by atoms with Crippen LogP contribution in [0.15, 0.2) is 0 Å². The van der Waals surface area contributed by atoms with Crippen LogP contribution in [0.25, 0.3) is 0 Å². The highest BCUT2D eigenvalue weighted by molar-refractivity contribution is 7.99. The minimum atomic E-state index is -0.433. The quantitative estimate of drug-likeness (QED) is 0.800. The maximum absolute atomic E-state index is 12.4. The number of hydrogen-bond donors (Lipinski definition) is 0. The van der Waals surface area contributed by atoms with Crippen LogP contribution in [-0.2, 0) is 9.47 Å². The molecule has 0 aromatic rings. The molecule has 0 aliphatic carbocycles. The molecule has 5 heteroatoms. The Balaban J connectivity index is 1.97. The lowest BCUT2D eigenvalue weighted by Gasteiger charge is -2.32. The molecule has 2 fully saturated rings. The predicted octanol–water partition coefficient (Wildman–Crippen LogP) is 2.91. The Labute approximate surface area is 120 Å². The molecule has 110 valence electrons. The summed E-state index contributed by atoms with van der Waals surface area (Å²) in [6, 6.07) is 0.309. The fraction of sp³-hybridized carbons (Fsp3) is 0.929. The molecule has 0 saturated carbocycles. The van der Waals surface area contributed by atoms with Gasteiger partial charge in [-0.2, -0.15) is 11.8 Å². The Morgan fingerprint density at radius 2 is 2.21 bits per heavy atom. The van der Waals surface area contributed by atoms with Crippen LogP contribution in [-0.4, -0.2) is 53.4 Å². The van der Waals surface area contributed by atoms with E-state index in [9.17, 15) is 4.79 Å². The van der Waals surface area contributed by atoms with Crippen molar-refractivity contribution in [1.82, 2.24) is 4.90 Å². The number of amides is 1. The van der Waals surface area contributed by atoms with Gasteiger partial charge in [0.15, 0.2) is 0 Å². The van der Waals surface area contributed by atoms with Crippen molar-refractivity contribution in [2.24, 2.45) is 0 Å². The van der Waals surface area contributed by atoms with Crippen LogP contribution in [0, 0.1) is 0 Å². The number of carbonyl (C=O) groups excluding carboxylic acids is 1. The van der Waals surface area contributed by atoms with E-state index in [0.29, 0.717) is 12.6 Å². The summed E-state index contributed by atoms with van der Waals surface area (Å²) in [7, 11) is 0. The summed E-state index contributed by atoms with van der Waals surface area (Å²) < 4.78 is 11.2. The largest absolute Gasteiger partial charge is 0.444 e. The minimum absolute atomic E-state index is 0.185. The normalized spacial score (nSPS) is 27.5. The number of hydrogen-bond acceptors (Lipinski definition) is 4. The van der Waals surface area contributed by atoms with Crippen molar-refractivity contribution in [2.45, 2.75) is 57.8 Å². The number of carbonyl (C=O) groups is 1. The first-order valence-corrected chi connectivity index (χ1v) is 8.30. The Bertz CT molecular complexity index is 304. The van der Waals surface area contributed by atoms with E-state index in [1.165, 1.54) is 0 Å². The number of ether oxygens (including phenoxy) is 2. The highest BCUT2D eigenvalue weighted by Crippen LogP contribution is 2.26. The number of nitrogens with zero attached hydrogens (tertiary/aromatic N) is 1. The van der Waals surface area contributed by atoms with Crippen LogP contribution in [0.2, 0.25) is 0 Å². The molecule has 4 nitrogen and oxygen atoms in total. The van der Waals surface area contributed by atoms with Gasteiger partial charge in [-0.15, -0.1) is 0 Å². The molecule has 1 amide bonds. The molecule has 0 aromatic heterocycles. The van der Waals surface area contributed by atoms with Gasteiger partial charge < -0.3 is 14.4 Å². The summed E-state index contributed by atoms with van der Waals surface area (Å²) in [6.07, 6.45) is 3.23. The van der Waals surface area contributed by atoms with E-state index in [4.69, 9.17) is 9.47 Å². The Morgan fingerprint density at radius 1 is 1.42 bits per heavy atom. The van der Waals surface area contributed by atoms with Crippen molar-refractivity contribution in [3.8, 4) is 0 Å². The first-order chi connectivity index (χ1) is 8.96. The highest BCUT2D eigenvalue weighted by atomic mass is 32.2. The van der Waals surface area contributed by atoms with Gasteiger partial charge in [0.1, 0.15) is 5.60 Å². The third-order valence-electron chi connectivity index (χ3n) is 3.40. The zero-order valence-electron chi connectivity index (χ0n) is 12.2. The molecule has 0 aromatic carbocycles. The molecular formula is C14H25NO3S. The van der Waals surface area contributed by atoms with Gasteiger partial charge >= 0.3 is 6.09 Å². The van der Waals surface area contributed by atoms with Crippen molar-refractivity contribution in [3.05, 3.63) is 0 Å². The lowest BCUT2D eigenvalue weighted by atomic mass is 10.1. The summed E-state index contributed by atoms with van der Waals surface area (Å²) in [6.45, 7) is 7.25. The lowest BCUT2D eigenvalue weighted by Crippen LogP contribution is -2.46. The second-order valence-electron chi connectivity index (χ2n) is 6.29. The van der Waals surface area contributed by atoms with Crippen molar-refractivity contribution in [2.75, 3.05) is 24.7 Å². The van der Waals surface area contributed by atoms with E-state index in [1.54, 1.807) is 0 Å². The second-order valence-corrected chi connectivity index (χ2v) is 7.43. The minimum Gasteiger partial charge on any atom is -0.444 e. The summed E-state index contributed by atoms with van der Waals surface area (Å²) in [5, 5.41) is 0. The number of thioether (sulfide) groups is 1. The van der Waals surface area contributed by atoms with E-state index in [2.05, 4.69) is 0 Å². The molecule has 0 N–H and O–H groups in total. The van der Waals surface area contributed by atoms with Crippen LogP contribution in [0.1, 0.15) is 40.0 Å². The molecule has 2 unspecified atom stereocenters. The smallest absolute Gasteiger partial charge is 0.410 e. The molecule has 0 spiro atoms. The van der Waals surface area contributed by atoms with Crippen LogP contribution >= 0.6 is 11.8 Å². The average molecular weight is 287 g/mol. The topological polar surface area (TPSA) is 38.8 Å². The molecule has 0 bridgehead atoms. The molecule has 19 heavy (non-hydrogen) atoms. The standard InChI is InChI=1S/C14H25NO3S/c1-14(2,3)18-13(16)15(11-6-8-19-10-11)9-12-5-4-7-17-12/h11-12H,4-10H2,1-3H3. The van der Waals surface area contributed by atoms with Gasteiger partial charge in [0.05, 0.1) is 12.6 Å². The average Bonchev–Trinajstić information content (AvgIpc) is 2.96. The zero-order chi connectivity index (χ0) is 13.9. The molecule has 2 aliphatic heterocycles. The van der Waals surface area contributed by atoms with E-state index in [0.717, 1.165) is 37.4 Å². The second kappa shape index (κ2) is 6.35. The van der Waals surface area contributed by atoms with E-state index in [1.807, 2.05) is 37.4 Å². The monoisotopic (exact) mass is 287 g/mol. The van der Waals surface area contributed by atoms with Gasteiger partial charge in [0.25, 0.3) is 0 Å². The SMILES string of the molecule is CC(C)(C)OC(=O)N(CC1CCCO1)C1CCSC1. The zero-order valence-corrected chi connectivity index (χ0v) is 13.0. The molecular weight excluding hydrogens is 262 g/mol. The fourth-order valence-electron chi connectivity index (χ4n) is 2.47. The summed E-state index contributed by atoms with van der Waals surface area (Å²) in [5.74, 6) is 2.15. The van der Waals surface area contributed by atoms with Gasteiger partial charge in [0, 0.05) is 18.4 Å². The predicted molar refractivity (Wildman–Crippen MR) is 77.6 cm³/mol.